The number of hydrogen-bond donors (Lipinski definition) is 0. The fourth-order valence-corrected chi connectivity index (χ4v) is 2.10. The SMILES string of the molecule is CC1=C(OCc2ccccc2[N+](=O)[O-])CCCC1=O. The molecular formula is C14H15NO4. The summed E-state index contributed by atoms with van der Waals surface area (Å²) in [6, 6.07) is 6.47. The van der Waals surface area contributed by atoms with E-state index in [2.05, 4.69) is 0 Å². The summed E-state index contributed by atoms with van der Waals surface area (Å²) in [5.74, 6) is 0.762. The van der Waals surface area contributed by atoms with Gasteiger partial charge in [-0.1, -0.05) is 12.1 Å². The van der Waals surface area contributed by atoms with Crippen LogP contribution < -0.4 is 0 Å². The van der Waals surface area contributed by atoms with Crippen molar-refractivity contribution in [1.29, 1.82) is 0 Å². The third-order valence-electron chi connectivity index (χ3n) is 3.23. The second-order valence-electron chi connectivity index (χ2n) is 4.50. The Morgan fingerprint density at radius 2 is 2.05 bits per heavy atom. The van der Waals surface area contributed by atoms with Crippen LogP contribution in [0.1, 0.15) is 31.7 Å². The highest BCUT2D eigenvalue weighted by atomic mass is 16.6. The molecule has 0 spiro atoms. The van der Waals surface area contributed by atoms with Gasteiger partial charge in [0.1, 0.15) is 12.4 Å². The van der Waals surface area contributed by atoms with Crippen molar-refractivity contribution in [3.05, 3.63) is 51.3 Å². The molecule has 0 fully saturated rings. The molecule has 0 aromatic heterocycles. The molecule has 0 aliphatic heterocycles. The molecule has 19 heavy (non-hydrogen) atoms. The third kappa shape index (κ3) is 2.99. The summed E-state index contributed by atoms with van der Waals surface area (Å²) < 4.78 is 5.60. The second kappa shape index (κ2) is 5.65. The highest BCUT2D eigenvalue weighted by Gasteiger charge is 2.19. The smallest absolute Gasteiger partial charge is 0.276 e. The summed E-state index contributed by atoms with van der Waals surface area (Å²) in [4.78, 5) is 22.0. The minimum atomic E-state index is -0.425. The Balaban J connectivity index is 2.13. The van der Waals surface area contributed by atoms with Crippen molar-refractivity contribution >= 4 is 11.5 Å². The summed E-state index contributed by atoms with van der Waals surface area (Å²) >= 11 is 0. The van der Waals surface area contributed by atoms with Crippen LogP contribution in [0, 0.1) is 10.1 Å². The number of hydrogen-bond acceptors (Lipinski definition) is 4. The Kier molecular flexibility index (Phi) is 3.94. The number of nitro groups is 1. The predicted octanol–water partition coefficient (Wildman–Crippen LogP) is 3.14. The fourth-order valence-electron chi connectivity index (χ4n) is 2.10. The molecule has 1 aliphatic rings. The van der Waals surface area contributed by atoms with Gasteiger partial charge < -0.3 is 4.74 Å². The number of para-hydroxylation sites is 1. The van der Waals surface area contributed by atoms with E-state index in [4.69, 9.17) is 4.74 Å². The van der Waals surface area contributed by atoms with Gasteiger partial charge in [0, 0.05) is 24.5 Å². The Bertz CT molecular complexity index is 548. The van der Waals surface area contributed by atoms with E-state index in [1.54, 1.807) is 25.1 Å². The van der Waals surface area contributed by atoms with Gasteiger partial charge in [0.2, 0.25) is 0 Å². The lowest BCUT2D eigenvalue weighted by Gasteiger charge is -2.17. The van der Waals surface area contributed by atoms with Crippen LogP contribution in [0.4, 0.5) is 5.69 Å². The Hall–Kier alpha value is -2.17. The Morgan fingerprint density at radius 1 is 1.32 bits per heavy atom. The van der Waals surface area contributed by atoms with Gasteiger partial charge in [-0.15, -0.1) is 0 Å². The lowest BCUT2D eigenvalue weighted by atomic mass is 9.98. The van der Waals surface area contributed by atoms with E-state index in [1.165, 1.54) is 6.07 Å². The van der Waals surface area contributed by atoms with Crippen LogP contribution in [-0.4, -0.2) is 10.7 Å². The number of allylic oxidation sites excluding steroid dienone is 2. The minimum Gasteiger partial charge on any atom is -0.493 e. The molecule has 5 nitrogen and oxygen atoms in total. The van der Waals surface area contributed by atoms with Gasteiger partial charge in [-0.2, -0.15) is 0 Å². The van der Waals surface area contributed by atoms with E-state index in [0.29, 0.717) is 23.3 Å². The fraction of sp³-hybridized carbons (Fsp3) is 0.357. The van der Waals surface area contributed by atoms with Crippen LogP contribution in [0.25, 0.3) is 0 Å². The lowest BCUT2D eigenvalue weighted by molar-refractivity contribution is -0.385. The topological polar surface area (TPSA) is 69.4 Å². The van der Waals surface area contributed by atoms with Crippen molar-refractivity contribution in [2.75, 3.05) is 0 Å². The van der Waals surface area contributed by atoms with Gasteiger partial charge in [-0.05, 0) is 19.4 Å². The minimum absolute atomic E-state index is 0.0443. The van der Waals surface area contributed by atoms with Crippen molar-refractivity contribution in [1.82, 2.24) is 0 Å². The molecule has 2 rings (SSSR count). The van der Waals surface area contributed by atoms with Crippen LogP contribution in [0.2, 0.25) is 0 Å². The molecule has 0 amide bonds. The zero-order chi connectivity index (χ0) is 13.8. The summed E-state index contributed by atoms with van der Waals surface area (Å²) in [7, 11) is 0. The van der Waals surface area contributed by atoms with Gasteiger partial charge in [-0.3, -0.25) is 14.9 Å². The van der Waals surface area contributed by atoms with E-state index in [0.717, 1.165) is 12.8 Å². The molecule has 1 aromatic rings. The largest absolute Gasteiger partial charge is 0.493 e. The monoisotopic (exact) mass is 261 g/mol. The number of Topliss-reactive ketones (excluding diaryl/α,β-unsaturated/α-hetero) is 1. The first-order valence-electron chi connectivity index (χ1n) is 6.17. The summed E-state index contributed by atoms with van der Waals surface area (Å²) in [5.41, 5.74) is 1.21. The normalized spacial score (nSPS) is 15.5. The quantitative estimate of drug-likeness (QED) is 0.616. The van der Waals surface area contributed by atoms with Crippen LogP contribution in [-0.2, 0) is 16.1 Å². The van der Waals surface area contributed by atoms with Gasteiger partial charge in [0.05, 0.1) is 10.5 Å². The molecule has 0 heterocycles. The van der Waals surface area contributed by atoms with Crippen LogP contribution in [0.5, 0.6) is 0 Å². The van der Waals surface area contributed by atoms with Crippen LogP contribution >= 0.6 is 0 Å². The number of nitro benzene ring substituents is 1. The second-order valence-corrected chi connectivity index (χ2v) is 4.50. The van der Waals surface area contributed by atoms with Crippen molar-refractivity contribution in [3.63, 3.8) is 0 Å². The van der Waals surface area contributed by atoms with Gasteiger partial charge in [0.25, 0.3) is 5.69 Å². The van der Waals surface area contributed by atoms with Crippen molar-refractivity contribution in [2.45, 2.75) is 32.8 Å². The zero-order valence-corrected chi connectivity index (χ0v) is 10.7. The zero-order valence-electron chi connectivity index (χ0n) is 10.7. The number of carbonyl (C=O) groups excluding carboxylic acids is 1. The standard InChI is InChI=1S/C14H15NO4/c1-10-13(16)7-4-8-14(10)19-9-11-5-2-3-6-12(11)15(17)18/h2-3,5-6H,4,7-9H2,1H3. The number of nitrogens with zero attached hydrogens (tertiary/aromatic N) is 1. The number of ketones is 1. The Morgan fingerprint density at radius 3 is 2.79 bits per heavy atom. The van der Waals surface area contributed by atoms with Gasteiger partial charge in [0.15, 0.2) is 5.78 Å². The number of rotatable bonds is 4. The molecule has 0 saturated carbocycles. The maximum Gasteiger partial charge on any atom is 0.276 e. The summed E-state index contributed by atoms with van der Waals surface area (Å²) in [6.07, 6.45) is 2.06. The number of ether oxygens (including phenoxy) is 1. The molecule has 1 aliphatic carbocycles. The van der Waals surface area contributed by atoms with Gasteiger partial charge in [-0.25, -0.2) is 0 Å². The first-order valence-corrected chi connectivity index (χ1v) is 6.17. The maximum atomic E-state index is 11.5. The first kappa shape index (κ1) is 13.3. The maximum absolute atomic E-state index is 11.5. The van der Waals surface area contributed by atoms with E-state index in [9.17, 15) is 14.9 Å². The van der Waals surface area contributed by atoms with Crippen molar-refractivity contribution in [3.8, 4) is 0 Å². The molecule has 100 valence electrons. The molecule has 0 atom stereocenters. The molecule has 0 N–H and O–H groups in total. The molecule has 0 saturated heterocycles. The first-order chi connectivity index (χ1) is 9.09. The van der Waals surface area contributed by atoms with E-state index in [-0.39, 0.29) is 18.1 Å². The molecule has 5 heteroatoms. The highest BCUT2D eigenvalue weighted by Crippen LogP contribution is 2.25. The average molecular weight is 261 g/mol. The number of carbonyl (C=O) groups is 1. The average Bonchev–Trinajstić information content (AvgIpc) is 2.40. The van der Waals surface area contributed by atoms with E-state index >= 15 is 0 Å². The molecule has 0 unspecified atom stereocenters. The van der Waals surface area contributed by atoms with Gasteiger partial charge >= 0.3 is 0 Å². The van der Waals surface area contributed by atoms with Crippen LogP contribution in [0.15, 0.2) is 35.6 Å². The Labute approximate surface area is 111 Å². The van der Waals surface area contributed by atoms with E-state index in [1.807, 2.05) is 0 Å². The summed E-state index contributed by atoms with van der Waals surface area (Å²) in [6.45, 7) is 1.87. The molecule has 0 bridgehead atoms. The summed E-state index contributed by atoms with van der Waals surface area (Å²) in [5, 5.41) is 10.9. The van der Waals surface area contributed by atoms with E-state index < -0.39 is 4.92 Å². The number of benzene rings is 1. The van der Waals surface area contributed by atoms with Crippen LogP contribution in [0.3, 0.4) is 0 Å². The van der Waals surface area contributed by atoms with Crippen molar-refractivity contribution in [2.24, 2.45) is 0 Å². The molecule has 1 aromatic carbocycles. The third-order valence-corrected chi connectivity index (χ3v) is 3.23. The molecule has 0 radical (unpaired) electrons. The lowest BCUT2D eigenvalue weighted by Crippen LogP contribution is -2.11. The van der Waals surface area contributed by atoms with Crippen molar-refractivity contribution < 1.29 is 14.5 Å². The molecular weight excluding hydrogens is 246 g/mol. The highest BCUT2D eigenvalue weighted by molar-refractivity contribution is 5.95. The predicted molar refractivity (Wildman–Crippen MR) is 69.4 cm³/mol.